The zero-order valence-electron chi connectivity index (χ0n) is 16.3. The highest BCUT2D eigenvalue weighted by molar-refractivity contribution is 5.80. The van der Waals surface area contributed by atoms with Crippen molar-refractivity contribution >= 4 is 23.1 Å². The van der Waals surface area contributed by atoms with Gasteiger partial charge >= 0.3 is 0 Å². The van der Waals surface area contributed by atoms with Gasteiger partial charge in [0.25, 0.3) is 5.56 Å². The van der Waals surface area contributed by atoms with Crippen molar-refractivity contribution in [3.63, 3.8) is 0 Å². The van der Waals surface area contributed by atoms with Crippen molar-refractivity contribution in [2.45, 2.75) is 39.2 Å². The summed E-state index contributed by atoms with van der Waals surface area (Å²) in [6.07, 6.45) is 9.97. The summed E-state index contributed by atoms with van der Waals surface area (Å²) in [6, 6.07) is 9.58. The number of aryl methyl sites for hydroxylation is 1. The molecule has 4 rings (SSSR count). The minimum absolute atomic E-state index is 0.0302. The van der Waals surface area contributed by atoms with Crippen LogP contribution in [0.2, 0.25) is 0 Å². The van der Waals surface area contributed by atoms with Crippen LogP contribution in [0.1, 0.15) is 42.8 Å². The predicted molar refractivity (Wildman–Crippen MR) is 113 cm³/mol. The third-order valence-electron chi connectivity index (χ3n) is 5.74. The molecule has 2 aromatic heterocycles. The minimum atomic E-state index is 0.0302. The molecule has 5 nitrogen and oxygen atoms in total. The van der Waals surface area contributed by atoms with Crippen molar-refractivity contribution in [1.29, 1.82) is 0 Å². The average Bonchev–Trinajstić information content (AvgIpc) is 3.23. The highest BCUT2D eigenvalue weighted by Gasteiger charge is 2.23. The lowest BCUT2D eigenvalue weighted by Crippen LogP contribution is -2.31. The first-order chi connectivity index (χ1) is 13.6. The SMILES string of the molecule is Cc1ccc2nc(C=Cc3ccco3)n(CC3CCCC(CN)C3)c(=O)c2c1. The van der Waals surface area contributed by atoms with Crippen LogP contribution in [0.25, 0.3) is 23.1 Å². The van der Waals surface area contributed by atoms with Gasteiger partial charge < -0.3 is 10.2 Å². The lowest BCUT2D eigenvalue weighted by molar-refractivity contribution is 0.245. The number of nitrogens with zero attached hydrogens (tertiary/aromatic N) is 2. The minimum Gasteiger partial charge on any atom is -0.465 e. The molecule has 5 heteroatoms. The summed E-state index contributed by atoms with van der Waals surface area (Å²) in [4.78, 5) is 18.1. The van der Waals surface area contributed by atoms with Crippen LogP contribution in [0, 0.1) is 18.8 Å². The summed E-state index contributed by atoms with van der Waals surface area (Å²) < 4.78 is 7.23. The smallest absolute Gasteiger partial charge is 0.261 e. The Labute approximate surface area is 164 Å². The maximum Gasteiger partial charge on any atom is 0.261 e. The molecule has 1 aliphatic rings. The van der Waals surface area contributed by atoms with Crippen LogP contribution >= 0.6 is 0 Å². The van der Waals surface area contributed by atoms with Crippen LogP contribution in [-0.4, -0.2) is 16.1 Å². The lowest BCUT2D eigenvalue weighted by Gasteiger charge is -2.29. The first-order valence-corrected chi connectivity index (χ1v) is 10.1. The molecule has 2 heterocycles. The molecule has 28 heavy (non-hydrogen) atoms. The van der Waals surface area contributed by atoms with Gasteiger partial charge in [0.05, 0.1) is 17.2 Å². The van der Waals surface area contributed by atoms with E-state index in [1.807, 2.05) is 54.0 Å². The summed E-state index contributed by atoms with van der Waals surface area (Å²) in [5, 5.41) is 0.682. The number of hydrogen-bond donors (Lipinski definition) is 1. The topological polar surface area (TPSA) is 74.1 Å². The van der Waals surface area contributed by atoms with Crippen molar-refractivity contribution in [3.05, 3.63) is 64.1 Å². The van der Waals surface area contributed by atoms with Crippen LogP contribution in [0.3, 0.4) is 0 Å². The molecule has 146 valence electrons. The van der Waals surface area contributed by atoms with Crippen molar-refractivity contribution in [3.8, 4) is 0 Å². The van der Waals surface area contributed by atoms with Gasteiger partial charge in [0.15, 0.2) is 0 Å². The highest BCUT2D eigenvalue weighted by Crippen LogP contribution is 2.29. The predicted octanol–water partition coefficient (Wildman–Crippen LogP) is 4.23. The molecule has 1 aromatic carbocycles. The zero-order valence-corrected chi connectivity index (χ0v) is 16.3. The Morgan fingerprint density at radius 3 is 2.89 bits per heavy atom. The fourth-order valence-corrected chi connectivity index (χ4v) is 4.24. The van der Waals surface area contributed by atoms with E-state index in [-0.39, 0.29) is 5.56 Å². The largest absolute Gasteiger partial charge is 0.465 e. The number of nitrogens with two attached hydrogens (primary N) is 1. The van der Waals surface area contributed by atoms with Gasteiger partial charge in [-0.25, -0.2) is 4.98 Å². The Hall–Kier alpha value is -2.66. The highest BCUT2D eigenvalue weighted by atomic mass is 16.3. The Morgan fingerprint density at radius 1 is 1.25 bits per heavy atom. The van der Waals surface area contributed by atoms with Gasteiger partial charge in [0, 0.05) is 6.54 Å². The van der Waals surface area contributed by atoms with Gasteiger partial charge in [-0.2, -0.15) is 0 Å². The fourth-order valence-electron chi connectivity index (χ4n) is 4.24. The van der Waals surface area contributed by atoms with Gasteiger partial charge in [0.2, 0.25) is 0 Å². The number of fused-ring (bicyclic) bond motifs is 1. The van der Waals surface area contributed by atoms with E-state index in [0.717, 1.165) is 36.2 Å². The van der Waals surface area contributed by atoms with Crippen LogP contribution in [0.5, 0.6) is 0 Å². The van der Waals surface area contributed by atoms with Gasteiger partial charge in [-0.1, -0.05) is 18.1 Å². The van der Waals surface area contributed by atoms with Gasteiger partial charge in [-0.05, 0) is 81.0 Å². The quantitative estimate of drug-likeness (QED) is 0.722. The van der Waals surface area contributed by atoms with Gasteiger partial charge in [0.1, 0.15) is 11.6 Å². The van der Waals surface area contributed by atoms with E-state index in [4.69, 9.17) is 15.1 Å². The van der Waals surface area contributed by atoms with E-state index >= 15 is 0 Å². The molecule has 2 atom stereocenters. The summed E-state index contributed by atoms with van der Waals surface area (Å²) in [6.45, 7) is 3.41. The molecular formula is C23H27N3O2. The monoisotopic (exact) mass is 377 g/mol. The average molecular weight is 377 g/mol. The molecule has 0 saturated heterocycles. The fraction of sp³-hybridized carbons (Fsp3) is 0.391. The summed E-state index contributed by atoms with van der Waals surface area (Å²) in [5.41, 5.74) is 7.74. The lowest BCUT2D eigenvalue weighted by atomic mass is 9.81. The zero-order chi connectivity index (χ0) is 19.5. The third kappa shape index (κ3) is 3.94. The Balaban J connectivity index is 1.75. The first kappa shape index (κ1) is 18.7. The van der Waals surface area contributed by atoms with E-state index in [0.29, 0.717) is 29.6 Å². The van der Waals surface area contributed by atoms with E-state index in [9.17, 15) is 4.79 Å². The maximum atomic E-state index is 13.3. The molecule has 0 spiro atoms. The van der Waals surface area contributed by atoms with Gasteiger partial charge in [-0.15, -0.1) is 0 Å². The second kappa shape index (κ2) is 8.15. The van der Waals surface area contributed by atoms with Crippen LogP contribution in [0.15, 0.2) is 45.8 Å². The second-order valence-electron chi connectivity index (χ2n) is 7.89. The number of hydrogen-bond acceptors (Lipinski definition) is 4. The molecular weight excluding hydrogens is 350 g/mol. The number of benzene rings is 1. The number of furan rings is 1. The van der Waals surface area contributed by atoms with Gasteiger partial charge in [-0.3, -0.25) is 9.36 Å². The summed E-state index contributed by atoms with van der Waals surface area (Å²) >= 11 is 0. The molecule has 0 aliphatic heterocycles. The molecule has 1 saturated carbocycles. The van der Waals surface area contributed by atoms with Crippen LogP contribution < -0.4 is 11.3 Å². The van der Waals surface area contributed by atoms with Crippen LogP contribution in [-0.2, 0) is 6.54 Å². The maximum absolute atomic E-state index is 13.3. The molecule has 2 unspecified atom stereocenters. The van der Waals surface area contributed by atoms with Crippen LogP contribution in [0.4, 0.5) is 0 Å². The first-order valence-electron chi connectivity index (χ1n) is 10.1. The summed E-state index contributed by atoms with van der Waals surface area (Å²) in [7, 11) is 0. The second-order valence-corrected chi connectivity index (χ2v) is 7.89. The number of aromatic nitrogens is 2. The van der Waals surface area contributed by atoms with E-state index < -0.39 is 0 Å². The normalized spacial score (nSPS) is 20.2. The Bertz CT molecular complexity index is 1030. The number of rotatable bonds is 5. The molecule has 3 aromatic rings. The molecule has 0 radical (unpaired) electrons. The Kier molecular flexibility index (Phi) is 5.44. The third-order valence-corrected chi connectivity index (χ3v) is 5.74. The molecule has 1 fully saturated rings. The van der Waals surface area contributed by atoms with Crippen molar-refractivity contribution in [2.24, 2.45) is 17.6 Å². The molecule has 0 bridgehead atoms. The molecule has 1 aliphatic carbocycles. The van der Waals surface area contributed by atoms with E-state index in [2.05, 4.69) is 0 Å². The standard InChI is InChI=1S/C23H27N3O2/c1-16-7-9-21-20(12-16)23(27)26(15-18-5-2-4-17(13-18)14-24)22(25-21)10-8-19-6-3-11-28-19/h3,6-12,17-18H,2,4-5,13-15,24H2,1H3. The van der Waals surface area contributed by atoms with Crippen molar-refractivity contribution in [2.75, 3.05) is 6.54 Å². The molecule has 0 amide bonds. The van der Waals surface area contributed by atoms with Crippen molar-refractivity contribution < 1.29 is 4.42 Å². The molecule has 2 N–H and O–H groups in total. The van der Waals surface area contributed by atoms with Crippen molar-refractivity contribution in [1.82, 2.24) is 9.55 Å². The van der Waals surface area contributed by atoms with E-state index in [1.165, 1.54) is 12.8 Å². The Morgan fingerprint density at radius 2 is 2.11 bits per heavy atom. The summed E-state index contributed by atoms with van der Waals surface area (Å²) in [5.74, 6) is 2.44. The van der Waals surface area contributed by atoms with E-state index in [1.54, 1.807) is 6.26 Å².